The Hall–Kier alpha value is -3.54. The van der Waals surface area contributed by atoms with Crippen LogP contribution < -0.4 is 10.1 Å². The van der Waals surface area contributed by atoms with E-state index in [0.29, 0.717) is 16.9 Å². The smallest absolute Gasteiger partial charge is 0.242 e. The molecule has 1 saturated heterocycles. The summed E-state index contributed by atoms with van der Waals surface area (Å²) < 4.78 is 46.6. The van der Waals surface area contributed by atoms with Crippen molar-refractivity contribution in [3.8, 4) is 17.0 Å². The maximum absolute atomic E-state index is 15.0. The number of methoxy groups -OCH3 is 1. The molecule has 2 N–H and O–H groups in total. The van der Waals surface area contributed by atoms with Gasteiger partial charge in [0.2, 0.25) is 21.9 Å². The molecule has 1 fully saturated rings. The molecule has 0 atom stereocenters. The van der Waals surface area contributed by atoms with Gasteiger partial charge in [0.25, 0.3) is 0 Å². The van der Waals surface area contributed by atoms with Crippen molar-refractivity contribution in [1.82, 2.24) is 24.2 Å². The molecule has 5 rings (SSSR count). The van der Waals surface area contributed by atoms with Crippen LogP contribution in [0.5, 0.6) is 5.88 Å². The number of aromatic amines is 1. The van der Waals surface area contributed by atoms with Gasteiger partial charge in [-0.3, -0.25) is 4.90 Å². The second kappa shape index (κ2) is 10.9. The number of H-pyrrole nitrogens is 1. The molecule has 0 amide bonds. The highest BCUT2D eigenvalue weighted by molar-refractivity contribution is 7.89. The summed E-state index contributed by atoms with van der Waals surface area (Å²) in [6.45, 7) is 5.08. The number of fused-ring (bicyclic) bond motifs is 1. The number of hydrogen-bond acceptors (Lipinski definition) is 7. The molecule has 1 aliphatic heterocycles. The number of rotatable bonds is 8. The number of sulfonamides is 1. The molecule has 9 nitrogen and oxygen atoms in total. The predicted molar refractivity (Wildman–Crippen MR) is 150 cm³/mol. The Balaban J connectivity index is 1.38. The third kappa shape index (κ3) is 5.61. The molecular weight excluding hydrogens is 519 g/mol. The number of ether oxygens (including phenoxy) is 1. The van der Waals surface area contributed by atoms with E-state index in [9.17, 15) is 8.42 Å². The molecule has 0 radical (unpaired) electrons. The van der Waals surface area contributed by atoms with Gasteiger partial charge in [-0.25, -0.2) is 17.1 Å². The number of anilines is 2. The number of nitrogens with zero attached hydrogens (tertiary/aromatic N) is 4. The van der Waals surface area contributed by atoms with Crippen molar-refractivity contribution in [1.29, 1.82) is 0 Å². The Bertz CT molecular complexity index is 1580. The minimum absolute atomic E-state index is 0.192. The van der Waals surface area contributed by atoms with Gasteiger partial charge in [-0.1, -0.05) is 25.1 Å². The van der Waals surface area contributed by atoms with Crippen LogP contribution >= 0.6 is 0 Å². The van der Waals surface area contributed by atoms with E-state index in [2.05, 4.69) is 32.1 Å². The minimum atomic E-state index is -3.53. The third-order valence-electron chi connectivity index (χ3n) is 7.20. The summed E-state index contributed by atoms with van der Waals surface area (Å²) in [7, 11) is 0.957. The fraction of sp³-hybridized carbons (Fsp3) is 0.357. The highest BCUT2D eigenvalue weighted by Crippen LogP contribution is 2.35. The first-order valence-corrected chi connectivity index (χ1v) is 14.3. The number of halogens is 1. The zero-order valence-electron chi connectivity index (χ0n) is 22.5. The molecule has 2 aromatic carbocycles. The lowest BCUT2D eigenvalue weighted by atomic mass is 9.99. The highest BCUT2D eigenvalue weighted by atomic mass is 32.2. The molecule has 2 aromatic heterocycles. The second-order valence-electron chi connectivity index (χ2n) is 10.2. The number of nitrogens with one attached hydrogen (secondary N) is 2. The van der Waals surface area contributed by atoms with Crippen LogP contribution in [0.1, 0.15) is 25.3 Å². The number of benzene rings is 2. The van der Waals surface area contributed by atoms with Crippen molar-refractivity contribution in [3.05, 3.63) is 60.0 Å². The summed E-state index contributed by atoms with van der Waals surface area (Å²) in [6.07, 6.45) is 4.11. The summed E-state index contributed by atoms with van der Waals surface area (Å²) in [5.41, 5.74) is 3.23. The van der Waals surface area contributed by atoms with E-state index in [4.69, 9.17) is 4.74 Å². The van der Waals surface area contributed by atoms with Crippen LogP contribution in [0, 0.1) is 11.7 Å². The first-order valence-electron chi connectivity index (χ1n) is 12.9. The van der Waals surface area contributed by atoms with Gasteiger partial charge >= 0.3 is 0 Å². The van der Waals surface area contributed by atoms with E-state index in [1.807, 2.05) is 6.07 Å². The maximum Gasteiger partial charge on any atom is 0.242 e. The third-order valence-corrected chi connectivity index (χ3v) is 9.03. The Labute approximate surface area is 228 Å². The van der Waals surface area contributed by atoms with Gasteiger partial charge in [0.1, 0.15) is 11.5 Å². The maximum atomic E-state index is 15.0. The molecule has 3 heterocycles. The normalized spacial score (nSPS) is 15.2. The first-order chi connectivity index (χ1) is 18.7. The number of hydrogen-bond donors (Lipinski definition) is 2. The molecule has 0 spiro atoms. The molecular formula is C28H33FN6O3S. The van der Waals surface area contributed by atoms with E-state index >= 15 is 4.39 Å². The minimum Gasteiger partial charge on any atom is -0.480 e. The van der Waals surface area contributed by atoms with E-state index < -0.39 is 10.0 Å². The molecule has 0 aliphatic carbocycles. The first kappa shape index (κ1) is 27.0. The van der Waals surface area contributed by atoms with Crippen molar-refractivity contribution >= 4 is 32.7 Å². The number of likely N-dealkylation sites (tertiary alicyclic amines) is 1. The molecule has 0 unspecified atom stereocenters. The Morgan fingerprint density at radius 2 is 1.85 bits per heavy atom. The van der Waals surface area contributed by atoms with Crippen LogP contribution in [0.2, 0.25) is 0 Å². The van der Waals surface area contributed by atoms with E-state index in [0.717, 1.165) is 42.2 Å². The quantitative estimate of drug-likeness (QED) is 0.317. The topological polar surface area (TPSA) is 103 Å². The van der Waals surface area contributed by atoms with Crippen molar-refractivity contribution in [2.45, 2.75) is 31.2 Å². The van der Waals surface area contributed by atoms with Crippen LogP contribution in [-0.4, -0.2) is 66.9 Å². The molecule has 11 heteroatoms. The number of piperidine rings is 1. The zero-order chi connectivity index (χ0) is 27.7. The summed E-state index contributed by atoms with van der Waals surface area (Å²) in [4.78, 5) is 14.7. The van der Waals surface area contributed by atoms with Crippen molar-refractivity contribution in [3.63, 3.8) is 0 Å². The van der Waals surface area contributed by atoms with Gasteiger partial charge < -0.3 is 15.0 Å². The summed E-state index contributed by atoms with van der Waals surface area (Å²) in [5, 5.41) is 3.61. The summed E-state index contributed by atoms with van der Waals surface area (Å²) >= 11 is 0. The average Bonchev–Trinajstić information content (AvgIpc) is 3.35. The van der Waals surface area contributed by atoms with Gasteiger partial charge in [-0.15, -0.1) is 0 Å². The van der Waals surface area contributed by atoms with Crippen molar-refractivity contribution in [2.24, 2.45) is 5.92 Å². The molecule has 0 saturated carbocycles. The lowest BCUT2D eigenvalue weighted by molar-refractivity contribution is 0.185. The van der Waals surface area contributed by atoms with E-state index in [1.54, 1.807) is 42.6 Å². The Morgan fingerprint density at radius 3 is 2.49 bits per heavy atom. The highest BCUT2D eigenvalue weighted by Gasteiger charge is 2.20. The standard InChI is InChI=1S/C28H33FN6O3S/c1-18-11-13-35(14-12-18)17-19-5-10-24(23(29)15-19)31-28-32-26-25(27(33-28)38-4)22(16-30-26)20-6-8-21(9-7-20)39(36,37)34(2)3/h5-10,15-16,18H,11-14,17H2,1-4H3,(H2,30,31,32,33). The molecule has 206 valence electrons. The lowest BCUT2D eigenvalue weighted by Gasteiger charge is -2.30. The van der Waals surface area contributed by atoms with Crippen LogP contribution in [0.4, 0.5) is 16.0 Å². The molecule has 1 aliphatic rings. The summed E-state index contributed by atoms with van der Waals surface area (Å²) in [5.74, 6) is 0.875. The van der Waals surface area contributed by atoms with Crippen LogP contribution in [0.15, 0.2) is 53.6 Å². The van der Waals surface area contributed by atoms with Gasteiger partial charge in [0.05, 0.1) is 23.1 Å². The predicted octanol–water partition coefficient (Wildman–Crippen LogP) is 5.00. The van der Waals surface area contributed by atoms with E-state index in [-0.39, 0.29) is 22.3 Å². The second-order valence-corrected chi connectivity index (χ2v) is 12.3. The Morgan fingerprint density at radius 1 is 1.13 bits per heavy atom. The largest absolute Gasteiger partial charge is 0.480 e. The fourth-order valence-corrected chi connectivity index (χ4v) is 5.71. The monoisotopic (exact) mass is 552 g/mol. The molecule has 4 aromatic rings. The van der Waals surface area contributed by atoms with Crippen LogP contribution in [0.3, 0.4) is 0 Å². The van der Waals surface area contributed by atoms with Gasteiger partial charge in [0.15, 0.2) is 0 Å². The van der Waals surface area contributed by atoms with Gasteiger partial charge in [0, 0.05) is 32.4 Å². The van der Waals surface area contributed by atoms with Gasteiger partial charge in [-0.2, -0.15) is 9.97 Å². The lowest BCUT2D eigenvalue weighted by Crippen LogP contribution is -2.32. The van der Waals surface area contributed by atoms with Crippen molar-refractivity contribution in [2.75, 3.05) is 39.6 Å². The zero-order valence-corrected chi connectivity index (χ0v) is 23.3. The fourth-order valence-electron chi connectivity index (χ4n) is 4.81. The van der Waals surface area contributed by atoms with E-state index in [1.165, 1.54) is 38.4 Å². The Kier molecular flexibility index (Phi) is 7.57. The van der Waals surface area contributed by atoms with Crippen LogP contribution in [0.25, 0.3) is 22.2 Å². The molecule has 39 heavy (non-hydrogen) atoms. The average molecular weight is 553 g/mol. The molecule has 0 bridgehead atoms. The summed E-state index contributed by atoms with van der Waals surface area (Å²) in [6, 6.07) is 11.8. The number of aromatic nitrogens is 3. The van der Waals surface area contributed by atoms with Crippen LogP contribution in [-0.2, 0) is 16.6 Å². The van der Waals surface area contributed by atoms with Crippen molar-refractivity contribution < 1.29 is 17.5 Å². The SMILES string of the molecule is COc1nc(Nc2ccc(CN3CCC(C)CC3)cc2F)nc2[nH]cc(-c3ccc(S(=O)(=O)N(C)C)cc3)c12. The van der Waals surface area contributed by atoms with Gasteiger partial charge in [-0.05, 0) is 67.2 Å².